The Morgan fingerprint density at radius 1 is 0.818 bits per heavy atom. The zero-order chi connectivity index (χ0) is 17.4. The zero-order valence-electron chi connectivity index (χ0n) is 16.3. The molecule has 0 amide bonds. The first-order valence-corrected chi connectivity index (χ1v) is 9.56. The van der Waals surface area contributed by atoms with Crippen molar-refractivity contribution in [2.75, 3.05) is 6.61 Å². The summed E-state index contributed by atoms with van der Waals surface area (Å²) >= 11 is 0. The van der Waals surface area contributed by atoms with E-state index >= 15 is 0 Å². The van der Waals surface area contributed by atoms with E-state index in [-0.39, 0.29) is 0 Å². The van der Waals surface area contributed by atoms with Crippen molar-refractivity contribution in [1.82, 2.24) is 0 Å². The van der Waals surface area contributed by atoms with Crippen molar-refractivity contribution in [3.63, 3.8) is 0 Å². The third-order valence-electron chi connectivity index (χ3n) is 3.99. The first-order valence-electron chi connectivity index (χ1n) is 9.56. The molecule has 22 heavy (non-hydrogen) atoms. The van der Waals surface area contributed by atoms with E-state index in [0.29, 0.717) is 12.5 Å². The molecule has 0 spiro atoms. The van der Waals surface area contributed by atoms with E-state index < -0.39 is 5.60 Å². The average Bonchev–Trinajstić information content (AvgIpc) is 2.38. The van der Waals surface area contributed by atoms with Gasteiger partial charge in [0.25, 0.3) is 0 Å². The minimum Gasteiger partial charge on any atom is -0.396 e. The molecule has 136 valence electrons. The summed E-state index contributed by atoms with van der Waals surface area (Å²) in [7, 11) is 0. The summed E-state index contributed by atoms with van der Waals surface area (Å²) in [5.41, 5.74) is -0.452. The summed E-state index contributed by atoms with van der Waals surface area (Å²) in [5.74, 6) is 1.54. The summed E-state index contributed by atoms with van der Waals surface area (Å²) in [6.45, 7) is 13.1. The molecule has 0 heterocycles. The molecule has 0 rings (SSSR count). The van der Waals surface area contributed by atoms with E-state index in [2.05, 4.69) is 27.7 Å². The topological polar surface area (TPSA) is 40.5 Å². The first-order chi connectivity index (χ1) is 10.2. The zero-order valence-corrected chi connectivity index (χ0v) is 16.3. The Labute approximate surface area is 140 Å². The van der Waals surface area contributed by atoms with E-state index in [1.807, 2.05) is 13.8 Å². The van der Waals surface area contributed by atoms with Crippen LogP contribution in [0.1, 0.15) is 106 Å². The van der Waals surface area contributed by atoms with Gasteiger partial charge in [0.2, 0.25) is 0 Å². The lowest BCUT2D eigenvalue weighted by Gasteiger charge is -2.16. The maximum absolute atomic E-state index is 9.37. The van der Waals surface area contributed by atoms with Gasteiger partial charge in [0.1, 0.15) is 0 Å². The van der Waals surface area contributed by atoms with Gasteiger partial charge in [-0.1, -0.05) is 79.1 Å². The van der Waals surface area contributed by atoms with Crippen molar-refractivity contribution in [3.05, 3.63) is 0 Å². The van der Waals surface area contributed by atoms with Gasteiger partial charge in [-0.3, -0.25) is 0 Å². The summed E-state index contributed by atoms with van der Waals surface area (Å²) < 4.78 is 0. The lowest BCUT2D eigenvalue weighted by atomic mass is 9.98. The molecule has 0 aliphatic heterocycles. The number of hydrogen-bond donors (Lipinski definition) is 2. The molecular weight excluding hydrogens is 272 g/mol. The van der Waals surface area contributed by atoms with Gasteiger partial charge in [-0.25, -0.2) is 0 Å². The second-order valence-corrected chi connectivity index (χ2v) is 7.92. The fraction of sp³-hybridized carbons (Fsp3) is 1.00. The monoisotopic (exact) mass is 316 g/mol. The Hall–Kier alpha value is -0.0800. The maximum Gasteiger partial charge on any atom is 0.0591 e. The lowest BCUT2D eigenvalue weighted by Crippen LogP contribution is -2.17. The fourth-order valence-electron chi connectivity index (χ4n) is 2.40. The molecule has 2 N–H and O–H groups in total. The van der Waals surface area contributed by atoms with Crippen LogP contribution in [0.2, 0.25) is 0 Å². The molecular formula is C20H44O2. The van der Waals surface area contributed by atoms with E-state index in [1.165, 1.54) is 51.4 Å². The molecule has 0 aliphatic rings. The molecule has 0 aromatic carbocycles. The van der Waals surface area contributed by atoms with Crippen LogP contribution >= 0.6 is 0 Å². The number of hydrogen-bond acceptors (Lipinski definition) is 2. The second-order valence-electron chi connectivity index (χ2n) is 7.92. The van der Waals surface area contributed by atoms with Crippen LogP contribution in [0.4, 0.5) is 0 Å². The van der Waals surface area contributed by atoms with Crippen LogP contribution in [-0.4, -0.2) is 22.4 Å². The highest BCUT2D eigenvalue weighted by atomic mass is 16.3. The van der Waals surface area contributed by atoms with Crippen LogP contribution in [0.25, 0.3) is 0 Å². The Bertz CT molecular complexity index is 206. The Balaban J connectivity index is 0. The van der Waals surface area contributed by atoms with Crippen LogP contribution in [0.5, 0.6) is 0 Å². The highest BCUT2D eigenvalue weighted by molar-refractivity contribution is 4.64. The van der Waals surface area contributed by atoms with Gasteiger partial charge >= 0.3 is 0 Å². The largest absolute Gasteiger partial charge is 0.396 e. The van der Waals surface area contributed by atoms with Gasteiger partial charge < -0.3 is 10.2 Å². The molecule has 0 aromatic heterocycles. The highest BCUT2D eigenvalue weighted by Crippen LogP contribution is 2.15. The Morgan fingerprint density at radius 2 is 1.41 bits per heavy atom. The molecule has 0 saturated heterocycles. The number of unbranched alkanes of at least 4 members (excludes halogenated alkanes) is 4. The third-order valence-corrected chi connectivity index (χ3v) is 3.99. The minimum absolute atomic E-state index is 0.350. The molecule has 1 atom stereocenters. The first kappa shape index (κ1) is 24.2. The van der Waals surface area contributed by atoms with E-state index in [0.717, 1.165) is 18.8 Å². The second kappa shape index (κ2) is 15.8. The quantitative estimate of drug-likeness (QED) is 0.437. The van der Waals surface area contributed by atoms with Gasteiger partial charge in [-0.15, -0.1) is 0 Å². The van der Waals surface area contributed by atoms with Gasteiger partial charge in [0.15, 0.2) is 0 Å². The summed E-state index contributed by atoms with van der Waals surface area (Å²) in [5, 5.41) is 18.0. The van der Waals surface area contributed by atoms with Crippen molar-refractivity contribution in [2.24, 2.45) is 11.8 Å². The molecule has 2 heteroatoms. The fourth-order valence-corrected chi connectivity index (χ4v) is 2.40. The van der Waals surface area contributed by atoms with Crippen molar-refractivity contribution in [1.29, 1.82) is 0 Å². The molecule has 0 fully saturated rings. The highest BCUT2D eigenvalue weighted by Gasteiger charge is 2.10. The molecule has 1 unspecified atom stereocenters. The number of rotatable bonds is 12. The number of aliphatic hydroxyl groups excluding tert-OH is 1. The van der Waals surface area contributed by atoms with Crippen LogP contribution in [0.3, 0.4) is 0 Å². The van der Waals surface area contributed by atoms with Gasteiger partial charge in [-0.05, 0) is 38.5 Å². The van der Waals surface area contributed by atoms with Crippen molar-refractivity contribution in [3.8, 4) is 0 Å². The average molecular weight is 317 g/mol. The van der Waals surface area contributed by atoms with E-state index in [4.69, 9.17) is 5.11 Å². The van der Waals surface area contributed by atoms with Gasteiger partial charge in [-0.2, -0.15) is 0 Å². The minimum atomic E-state index is -0.452. The molecule has 0 radical (unpaired) electrons. The summed E-state index contributed by atoms with van der Waals surface area (Å²) in [4.78, 5) is 0. The molecule has 0 aromatic rings. The molecule has 0 aliphatic carbocycles. The maximum atomic E-state index is 9.37. The Kier molecular flexibility index (Phi) is 17.4. The predicted molar refractivity (Wildman–Crippen MR) is 99.2 cm³/mol. The Morgan fingerprint density at radius 3 is 1.86 bits per heavy atom. The van der Waals surface area contributed by atoms with Crippen LogP contribution in [0, 0.1) is 11.8 Å². The lowest BCUT2D eigenvalue weighted by molar-refractivity contribution is 0.0680. The summed E-state index contributed by atoms with van der Waals surface area (Å²) in [6.07, 6.45) is 12.2. The van der Waals surface area contributed by atoms with Crippen LogP contribution in [0.15, 0.2) is 0 Å². The van der Waals surface area contributed by atoms with Crippen LogP contribution < -0.4 is 0 Å². The van der Waals surface area contributed by atoms with E-state index in [9.17, 15) is 5.11 Å². The number of aliphatic hydroxyl groups is 2. The SMILES string of the molecule is CC(C)CCCC(C)CCO.CCCCCCCC(C)(C)O. The van der Waals surface area contributed by atoms with Crippen molar-refractivity contribution in [2.45, 2.75) is 111 Å². The molecule has 0 bridgehead atoms. The van der Waals surface area contributed by atoms with Crippen molar-refractivity contribution < 1.29 is 10.2 Å². The third kappa shape index (κ3) is 24.9. The molecule has 2 nitrogen and oxygen atoms in total. The van der Waals surface area contributed by atoms with Crippen LogP contribution in [-0.2, 0) is 0 Å². The normalized spacial score (nSPS) is 13.0. The van der Waals surface area contributed by atoms with Gasteiger partial charge in [0, 0.05) is 6.61 Å². The predicted octanol–water partition coefficient (Wildman–Crippen LogP) is 5.95. The smallest absolute Gasteiger partial charge is 0.0591 e. The van der Waals surface area contributed by atoms with Gasteiger partial charge in [0.05, 0.1) is 5.60 Å². The summed E-state index contributed by atoms with van der Waals surface area (Å²) in [6, 6.07) is 0. The van der Waals surface area contributed by atoms with Crippen molar-refractivity contribution >= 4 is 0 Å². The molecule has 0 saturated carbocycles. The van der Waals surface area contributed by atoms with E-state index in [1.54, 1.807) is 0 Å². The standard InChI is InChI=1S/2C10H22O/c1-9(2)5-4-6-10(3)7-8-11;1-4-5-6-7-8-9-10(2,3)11/h9-11H,4-8H2,1-3H3;11H,4-9H2,1-3H3.